The van der Waals surface area contributed by atoms with Crippen LogP contribution in [0, 0.1) is 0 Å². The number of nitrogens with one attached hydrogen (secondary N) is 1. The molecule has 0 radical (unpaired) electrons. The summed E-state index contributed by atoms with van der Waals surface area (Å²) in [6.45, 7) is 5.17. The Hall–Kier alpha value is -4.41. The SMILES string of the molecule is CCCCc1cn(-c2ncnn2CC)c(=O)n1Cc1ccc(-c2ccccc2-c2nn[nH]n2)nc1. The first kappa shape index (κ1) is 22.4. The van der Waals surface area contributed by atoms with Gasteiger partial charge in [0.2, 0.25) is 11.8 Å². The molecule has 5 rings (SSSR count). The van der Waals surface area contributed by atoms with Gasteiger partial charge in [-0.1, -0.05) is 43.7 Å². The molecule has 0 amide bonds. The van der Waals surface area contributed by atoms with Crippen molar-refractivity contribution in [3.63, 3.8) is 0 Å². The monoisotopic (exact) mass is 470 g/mol. The van der Waals surface area contributed by atoms with Crippen LogP contribution in [0.3, 0.4) is 0 Å². The molecule has 0 fully saturated rings. The van der Waals surface area contributed by atoms with Gasteiger partial charge in [0.05, 0.1) is 12.2 Å². The van der Waals surface area contributed by atoms with Crippen LogP contribution >= 0.6 is 0 Å². The second-order valence-corrected chi connectivity index (χ2v) is 8.17. The molecule has 0 saturated carbocycles. The molecule has 0 aliphatic rings. The molecule has 1 aromatic carbocycles. The van der Waals surface area contributed by atoms with Crippen molar-refractivity contribution < 1.29 is 0 Å². The summed E-state index contributed by atoms with van der Waals surface area (Å²) in [7, 11) is 0. The Labute approximate surface area is 201 Å². The highest BCUT2D eigenvalue weighted by atomic mass is 16.2. The molecular formula is C24H26N10O. The molecule has 4 aromatic heterocycles. The van der Waals surface area contributed by atoms with Gasteiger partial charge in [-0.05, 0) is 36.6 Å². The number of nitrogens with zero attached hydrogens (tertiary/aromatic N) is 9. The van der Waals surface area contributed by atoms with Crippen molar-refractivity contribution in [3.05, 3.63) is 76.9 Å². The van der Waals surface area contributed by atoms with E-state index in [9.17, 15) is 4.79 Å². The number of hydrogen-bond donors (Lipinski definition) is 1. The van der Waals surface area contributed by atoms with Gasteiger partial charge in [-0.3, -0.25) is 9.55 Å². The van der Waals surface area contributed by atoms with Crippen LogP contribution in [0.4, 0.5) is 0 Å². The topological polar surface area (TPSA) is 125 Å². The van der Waals surface area contributed by atoms with Crippen LogP contribution in [0.5, 0.6) is 0 Å². The number of hydrogen-bond acceptors (Lipinski definition) is 7. The molecule has 0 saturated heterocycles. The molecular weight excluding hydrogens is 444 g/mol. The maximum Gasteiger partial charge on any atom is 0.335 e. The number of aromatic amines is 1. The average molecular weight is 471 g/mol. The van der Waals surface area contributed by atoms with Crippen molar-refractivity contribution in [1.29, 1.82) is 0 Å². The highest BCUT2D eigenvalue weighted by Gasteiger charge is 2.17. The molecule has 178 valence electrons. The van der Waals surface area contributed by atoms with Crippen molar-refractivity contribution in [2.24, 2.45) is 0 Å². The van der Waals surface area contributed by atoms with Crippen LogP contribution in [0.1, 0.15) is 37.9 Å². The molecule has 0 aliphatic heterocycles. The Balaban J connectivity index is 1.47. The maximum atomic E-state index is 13.4. The van der Waals surface area contributed by atoms with E-state index in [0.29, 0.717) is 24.9 Å². The van der Waals surface area contributed by atoms with E-state index in [4.69, 9.17) is 0 Å². The fourth-order valence-corrected chi connectivity index (χ4v) is 4.10. The second-order valence-electron chi connectivity index (χ2n) is 8.17. The van der Waals surface area contributed by atoms with E-state index >= 15 is 0 Å². The molecule has 0 bridgehead atoms. The molecule has 0 aliphatic carbocycles. The molecule has 0 spiro atoms. The third kappa shape index (κ3) is 4.39. The van der Waals surface area contributed by atoms with E-state index in [1.807, 2.05) is 55.7 Å². The standard InChI is InChI=1S/C24H26N10O/c1-3-5-8-18-15-33(23-26-16-27-34(23)4-2)24(35)32(18)14-17-11-12-21(25-13-17)19-9-6-7-10-20(19)22-28-30-31-29-22/h6-7,9-13,15-16H,3-5,8,14H2,1-2H3,(H,28,29,30,31). The molecule has 11 heteroatoms. The number of aromatic nitrogens is 10. The Kier molecular flexibility index (Phi) is 6.29. The molecule has 0 atom stereocenters. The van der Waals surface area contributed by atoms with E-state index in [1.165, 1.54) is 6.33 Å². The first-order valence-electron chi connectivity index (χ1n) is 11.7. The van der Waals surface area contributed by atoms with Crippen molar-refractivity contribution in [3.8, 4) is 28.6 Å². The van der Waals surface area contributed by atoms with Crippen molar-refractivity contribution in [2.45, 2.75) is 46.2 Å². The van der Waals surface area contributed by atoms with Gasteiger partial charge in [-0.15, -0.1) is 10.2 Å². The van der Waals surface area contributed by atoms with Gasteiger partial charge >= 0.3 is 5.69 Å². The average Bonchev–Trinajstić information content (AvgIpc) is 3.65. The summed E-state index contributed by atoms with van der Waals surface area (Å²) in [4.78, 5) is 22.4. The van der Waals surface area contributed by atoms with Crippen LogP contribution in [0.25, 0.3) is 28.6 Å². The Morgan fingerprint density at radius 3 is 2.60 bits per heavy atom. The van der Waals surface area contributed by atoms with E-state index in [0.717, 1.165) is 47.3 Å². The molecule has 5 aromatic rings. The van der Waals surface area contributed by atoms with Crippen molar-refractivity contribution in [1.82, 2.24) is 49.5 Å². The molecule has 1 N–H and O–H groups in total. The summed E-state index contributed by atoms with van der Waals surface area (Å²) in [6, 6.07) is 11.7. The predicted octanol–water partition coefficient (Wildman–Crippen LogP) is 2.88. The van der Waals surface area contributed by atoms with Crippen LogP contribution in [0.2, 0.25) is 0 Å². The minimum absolute atomic E-state index is 0.134. The number of unbranched alkanes of at least 4 members (excludes halogenated alkanes) is 1. The van der Waals surface area contributed by atoms with Gasteiger partial charge < -0.3 is 0 Å². The fourth-order valence-electron chi connectivity index (χ4n) is 4.10. The Morgan fingerprint density at radius 2 is 1.89 bits per heavy atom. The van der Waals surface area contributed by atoms with Crippen LogP contribution in [-0.2, 0) is 19.5 Å². The molecule has 4 heterocycles. The number of benzene rings is 1. The van der Waals surface area contributed by atoms with Gasteiger partial charge in [0.1, 0.15) is 6.33 Å². The zero-order valence-corrected chi connectivity index (χ0v) is 19.7. The van der Waals surface area contributed by atoms with Crippen LogP contribution in [0.15, 0.2) is 59.9 Å². The zero-order chi connectivity index (χ0) is 24.2. The minimum atomic E-state index is -0.134. The van der Waals surface area contributed by atoms with Gasteiger partial charge in [0, 0.05) is 35.8 Å². The normalized spacial score (nSPS) is 11.3. The summed E-state index contributed by atoms with van der Waals surface area (Å²) < 4.78 is 5.10. The number of tetrazole rings is 1. The first-order chi connectivity index (χ1) is 17.2. The lowest BCUT2D eigenvalue weighted by Crippen LogP contribution is -2.26. The van der Waals surface area contributed by atoms with Crippen LogP contribution in [-0.4, -0.2) is 49.5 Å². The molecule has 35 heavy (non-hydrogen) atoms. The Bertz CT molecular complexity index is 1460. The predicted molar refractivity (Wildman–Crippen MR) is 130 cm³/mol. The number of rotatable bonds is 9. The number of H-pyrrole nitrogens is 1. The van der Waals surface area contributed by atoms with Crippen molar-refractivity contribution >= 4 is 0 Å². The first-order valence-corrected chi connectivity index (χ1v) is 11.7. The highest BCUT2D eigenvalue weighted by molar-refractivity contribution is 5.78. The summed E-state index contributed by atoms with van der Waals surface area (Å²) in [5, 5.41) is 18.6. The lowest BCUT2D eigenvalue weighted by Gasteiger charge is -2.09. The maximum absolute atomic E-state index is 13.4. The third-order valence-electron chi connectivity index (χ3n) is 5.91. The summed E-state index contributed by atoms with van der Waals surface area (Å²) in [5.74, 6) is 1.04. The molecule has 0 unspecified atom stereocenters. The van der Waals surface area contributed by atoms with E-state index in [1.54, 1.807) is 13.8 Å². The van der Waals surface area contributed by atoms with Gasteiger partial charge in [-0.2, -0.15) is 15.3 Å². The third-order valence-corrected chi connectivity index (χ3v) is 5.91. The van der Waals surface area contributed by atoms with Crippen LogP contribution < -0.4 is 5.69 Å². The number of imidazole rings is 1. The molecule has 11 nitrogen and oxygen atoms in total. The zero-order valence-electron chi connectivity index (χ0n) is 19.7. The minimum Gasteiger partial charge on any atom is -0.291 e. The fraction of sp³-hybridized carbons (Fsp3) is 0.292. The number of pyridine rings is 1. The summed E-state index contributed by atoms with van der Waals surface area (Å²) >= 11 is 0. The van der Waals surface area contributed by atoms with E-state index < -0.39 is 0 Å². The quantitative estimate of drug-likeness (QED) is 0.351. The van der Waals surface area contributed by atoms with Gasteiger partial charge in [0.25, 0.3) is 0 Å². The second kappa shape index (κ2) is 9.84. The Morgan fingerprint density at radius 1 is 1.03 bits per heavy atom. The van der Waals surface area contributed by atoms with Gasteiger partial charge in [-0.25, -0.2) is 14.0 Å². The van der Waals surface area contributed by atoms with Gasteiger partial charge in [0.15, 0.2) is 0 Å². The summed E-state index contributed by atoms with van der Waals surface area (Å²) in [6.07, 6.45) is 8.02. The van der Waals surface area contributed by atoms with E-state index in [-0.39, 0.29) is 5.69 Å². The number of aryl methyl sites for hydroxylation is 2. The van der Waals surface area contributed by atoms with E-state index in [2.05, 4.69) is 42.6 Å². The highest BCUT2D eigenvalue weighted by Crippen LogP contribution is 2.28. The smallest absolute Gasteiger partial charge is 0.291 e. The lowest BCUT2D eigenvalue weighted by molar-refractivity contribution is 0.620. The van der Waals surface area contributed by atoms with Crippen molar-refractivity contribution in [2.75, 3.05) is 0 Å². The lowest BCUT2D eigenvalue weighted by atomic mass is 10.0. The summed E-state index contributed by atoms with van der Waals surface area (Å²) in [5.41, 5.74) is 4.31. The largest absolute Gasteiger partial charge is 0.335 e.